The third kappa shape index (κ3) is 2.69. The average molecular weight is 349 g/mol. The van der Waals surface area contributed by atoms with Crippen LogP contribution in [0.4, 0.5) is 0 Å². The number of hydrogen-bond donors (Lipinski definition) is 1. The van der Waals surface area contributed by atoms with Gasteiger partial charge in [0.25, 0.3) is 0 Å². The molecule has 1 aliphatic rings. The van der Waals surface area contributed by atoms with Crippen LogP contribution in [0.3, 0.4) is 0 Å². The minimum Gasteiger partial charge on any atom is -0.496 e. The highest BCUT2D eigenvalue weighted by atomic mass is 79.9. The van der Waals surface area contributed by atoms with E-state index < -0.39 is 0 Å². The van der Waals surface area contributed by atoms with Gasteiger partial charge in [0.05, 0.1) is 11.6 Å². The fraction of sp³-hybridized carbons (Fsp3) is 0.133. The Hall–Kier alpha value is -1.46. The van der Waals surface area contributed by atoms with Gasteiger partial charge in [0.1, 0.15) is 16.2 Å². The molecule has 0 radical (unpaired) electrons. The molecule has 102 valence electrons. The van der Waals surface area contributed by atoms with Crippen molar-refractivity contribution in [3.05, 3.63) is 64.1 Å². The Balaban J connectivity index is 1.77. The molecule has 0 saturated heterocycles. The van der Waals surface area contributed by atoms with Crippen LogP contribution in [0.2, 0.25) is 0 Å². The van der Waals surface area contributed by atoms with Crippen LogP contribution in [-0.4, -0.2) is 12.2 Å². The van der Waals surface area contributed by atoms with Crippen LogP contribution >= 0.6 is 27.7 Å². The first kappa shape index (κ1) is 13.5. The fourth-order valence-electron chi connectivity index (χ4n) is 1.98. The van der Waals surface area contributed by atoms with Gasteiger partial charge in [-0.05, 0) is 33.6 Å². The van der Waals surface area contributed by atoms with Crippen molar-refractivity contribution in [2.75, 3.05) is 7.11 Å². The Labute approximate surface area is 130 Å². The Kier molecular flexibility index (Phi) is 3.98. The summed E-state index contributed by atoms with van der Waals surface area (Å²) in [7, 11) is 1.67. The molecule has 0 saturated carbocycles. The van der Waals surface area contributed by atoms with Crippen LogP contribution in [0.15, 0.2) is 58.1 Å². The van der Waals surface area contributed by atoms with E-state index in [1.54, 1.807) is 18.9 Å². The molecule has 5 heteroatoms. The summed E-state index contributed by atoms with van der Waals surface area (Å²) in [6, 6.07) is 16.3. The van der Waals surface area contributed by atoms with E-state index >= 15 is 0 Å². The van der Waals surface area contributed by atoms with E-state index in [0.717, 1.165) is 26.4 Å². The molecule has 3 nitrogen and oxygen atoms in total. The van der Waals surface area contributed by atoms with E-state index in [9.17, 15) is 0 Å². The van der Waals surface area contributed by atoms with Gasteiger partial charge in [0, 0.05) is 5.56 Å². The van der Waals surface area contributed by atoms with Crippen molar-refractivity contribution >= 4 is 32.7 Å². The summed E-state index contributed by atoms with van der Waals surface area (Å²) < 4.78 is 6.20. The number of nitrogens with zero attached hydrogens (tertiary/aromatic N) is 1. The molecule has 1 atom stereocenters. The number of rotatable bonds is 3. The van der Waals surface area contributed by atoms with Crippen LogP contribution in [0, 0.1) is 0 Å². The van der Waals surface area contributed by atoms with Gasteiger partial charge in [-0.2, -0.15) is 5.10 Å². The van der Waals surface area contributed by atoms with E-state index in [2.05, 4.69) is 50.7 Å². The largest absolute Gasteiger partial charge is 0.496 e. The average Bonchev–Trinajstić information content (AvgIpc) is 2.98. The van der Waals surface area contributed by atoms with Crippen LogP contribution in [0.5, 0.6) is 5.75 Å². The molecule has 0 fully saturated rings. The summed E-state index contributed by atoms with van der Waals surface area (Å²) in [6.07, 6.45) is 0. The molecule has 1 aliphatic heterocycles. The van der Waals surface area contributed by atoms with Gasteiger partial charge in [0.2, 0.25) is 0 Å². The lowest BCUT2D eigenvalue weighted by atomic mass is 10.2. The van der Waals surface area contributed by atoms with Crippen LogP contribution in [0.25, 0.3) is 0 Å². The van der Waals surface area contributed by atoms with E-state index in [-0.39, 0.29) is 5.37 Å². The van der Waals surface area contributed by atoms with Gasteiger partial charge in [-0.25, -0.2) is 0 Å². The molecule has 0 aromatic heterocycles. The predicted octanol–water partition coefficient (Wildman–Crippen LogP) is 4.15. The maximum atomic E-state index is 5.25. The second-order valence-electron chi connectivity index (χ2n) is 4.30. The van der Waals surface area contributed by atoms with Crippen molar-refractivity contribution in [2.24, 2.45) is 5.10 Å². The van der Waals surface area contributed by atoms with E-state index in [1.807, 2.05) is 24.3 Å². The summed E-state index contributed by atoms with van der Waals surface area (Å²) in [5.41, 5.74) is 5.48. The first-order valence-electron chi connectivity index (χ1n) is 6.16. The molecule has 1 heterocycles. The number of ether oxygens (including phenoxy) is 1. The number of thioether (sulfide) groups is 1. The molecule has 0 aliphatic carbocycles. The maximum Gasteiger partial charge on any atom is 0.133 e. The molecule has 20 heavy (non-hydrogen) atoms. The first-order valence-corrected chi connectivity index (χ1v) is 7.84. The molecule has 0 bridgehead atoms. The van der Waals surface area contributed by atoms with Gasteiger partial charge in [0.15, 0.2) is 0 Å². The Morgan fingerprint density at radius 1 is 1.20 bits per heavy atom. The minimum absolute atomic E-state index is 0.132. The number of methoxy groups -OCH3 is 1. The van der Waals surface area contributed by atoms with Crippen molar-refractivity contribution in [1.29, 1.82) is 0 Å². The summed E-state index contributed by atoms with van der Waals surface area (Å²) >= 11 is 5.23. The van der Waals surface area contributed by atoms with Crippen molar-refractivity contribution < 1.29 is 4.74 Å². The van der Waals surface area contributed by atoms with Crippen molar-refractivity contribution in [3.8, 4) is 5.75 Å². The molecule has 3 rings (SSSR count). The van der Waals surface area contributed by atoms with Gasteiger partial charge in [-0.1, -0.05) is 48.2 Å². The third-order valence-corrected chi connectivity index (χ3v) is 4.80. The highest BCUT2D eigenvalue weighted by molar-refractivity contribution is 9.10. The number of halogens is 1. The van der Waals surface area contributed by atoms with Crippen LogP contribution in [-0.2, 0) is 0 Å². The normalized spacial score (nSPS) is 17.5. The lowest BCUT2D eigenvalue weighted by molar-refractivity contribution is 0.412. The topological polar surface area (TPSA) is 33.6 Å². The summed E-state index contributed by atoms with van der Waals surface area (Å²) in [5, 5.41) is 5.57. The SMILES string of the molecule is COc1ccc([C@H]2NN=C(c3ccccc3)S2)cc1Br. The molecule has 0 unspecified atom stereocenters. The standard InChI is InChI=1S/C15H13BrN2OS/c1-19-13-8-7-11(9-12(13)16)15-18-17-14(20-15)10-5-3-2-4-6-10/h2-9,15,18H,1H3/t15-/m0/s1. The lowest BCUT2D eigenvalue weighted by Gasteiger charge is -2.11. The Bertz CT molecular complexity index is 646. The first-order chi connectivity index (χ1) is 9.78. The van der Waals surface area contributed by atoms with E-state index in [0.29, 0.717) is 0 Å². The smallest absolute Gasteiger partial charge is 0.133 e. The molecule has 2 aromatic rings. The highest BCUT2D eigenvalue weighted by Crippen LogP contribution is 2.37. The second kappa shape index (κ2) is 5.89. The molecule has 1 N–H and O–H groups in total. The summed E-state index contributed by atoms with van der Waals surface area (Å²) in [5.74, 6) is 0.834. The number of nitrogens with one attached hydrogen (secondary N) is 1. The van der Waals surface area contributed by atoms with Crippen LogP contribution < -0.4 is 10.2 Å². The monoisotopic (exact) mass is 348 g/mol. The predicted molar refractivity (Wildman–Crippen MR) is 87.1 cm³/mol. The molecule has 2 aromatic carbocycles. The molecule has 0 spiro atoms. The van der Waals surface area contributed by atoms with E-state index in [4.69, 9.17) is 4.74 Å². The fourth-order valence-corrected chi connectivity index (χ4v) is 3.53. The zero-order chi connectivity index (χ0) is 13.9. The maximum absolute atomic E-state index is 5.25. The van der Waals surface area contributed by atoms with Gasteiger partial charge in [-0.3, -0.25) is 5.43 Å². The van der Waals surface area contributed by atoms with E-state index in [1.165, 1.54) is 0 Å². The third-order valence-electron chi connectivity index (χ3n) is 3.01. The summed E-state index contributed by atoms with van der Waals surface area (Å²) in [4.78, 5) is 0. The molecule has 0 amide bonds. The number of hydrazone groups is 1. The Morgan fingerprint density at radius 3 is 2.70 bits per heavy atom. The summed E-state index contributed by atoms with van der Waals surface area (Å²) in [6.45, 7) is 0. The molecular weight excluding hydrogens is 336 g/mol. The van der Waals surface area contributed by atoms with Gasteiger partial charge >= 0.3 is 0 Å². The molecular formula is C15H13BrN2OS. The number of hydrogen-bond acceptors (Lipinski definition) is 4. The van der Waals surface area contributed by atoms with Gasteiger partial charge < -0.3 is 4.74 Å². The lowest BCUT2D eigenvalue weighted by Crippen LogP contribution is -2.06. The van der Waals surface area contributed by atoms with Crippen molar-refractivity contribution in [2.45, 2.75) is 5.37 Å². The van der Waals surface area contributed by atoms with Crippen LogP contribution in [0.1, 0.15) is 16.5 Å². The Morgan fingerprint density at radius 2 is 2.00 bits per heavy atom. The highest BCUT2D eigenvalue weighted by Gasteiger charge is 2.22. The van der Waals surface area contributed by atoms with Gasteiger partial charge in [-0.15, -0.1) is 0 Å². The second-order valence-corrected chi connectivity index (χ2v) is 6.25. The number of benzene rings is 2. The zero-order valence-electron chi connectivity index (χ0n) is 10.8. The zero-order valence-corrected chi connectivity index (χ0v) is 13.2. The van der Waals surface area contributed by atoms with Crippen molar-refractivity contribution in [1.82, 2.24) is 5.43 Å². The van der Waals surface area contributed by atoms with Crippen molar-refractivity contribution in [3.63, 3.8) is 0 Å². The quantitative estimate of drug-likeness (QED) is 0.904. The minimum atomic E-state index is 0.132.